The van der Waals surface area contributed by atoms with Crippen LogP contribution in [0.2, 0.25) is 0 Å². The number of nitrogens with zero attached hydrogens (tertiary/aromatic N) is 1. The second-order valence-electron chi connectivity index (χ2n) is 5.04. The molecule has 1 heterocycles. The van der Waals surface area contributed by atoms with Crippen LogP contribution in [-0.2, 0) is 6.42 Å². The molecule has 1 aliphatic rings. The van der Waals surface area contributed by atoms with Crippen molar-refractivity contribution in [3.05, 3.63) is 22.4 Å². The molecule has 2 heteroatoms. The first-order chi connectivity index (χ1) is 7.78. The van der Waals surface area contributed by atoms with Crippen LogP contribution in [0.15, 0.2) is 16.8 Å². The highest BCUT2D eigenvalue weighted by atomic mass is 32.1. The summed E-state index contributed by atoms with van der Waals surface area (Å²) in [6.45, 7) is 2.25. The first-order valence-corrected chi connectivity index (χ1v) is 7.14. The van der Waals surface area contributed by atoms with E-state index in [-0.39, 0.29) is 5.41 Å². The average molecular weight is 233 g/mol. The van der Waals surface area contributed by atoms with E-state index >= 15 is 0 Å². The maximum atomic E-state index is 9.41. The molecule has 0 N–H and O–H groups in total. The largest absolute Gasteiger partial charge is 0.198 e. The summed E-state index contributed by atoms with van der Waals surface area (Å²) in [6, 6.07) is 4.79. The van der Waals surface area contributed by atoms with Crippen molar-refractivity contribution in [2.45, 2.75) is 45.4 Å². The first-order valence-electron chi connectivity index (χ1n) is 6.20. The summed E-state index contributed by atoms with van der Waals surface area (Å²) >= 11 is 1.75. The molecule has 0 spiro atoms. The van der Waals surface area contributed by atoms with Crippen molar-refractivity contribution in [3.8, 4) is 6.07 Å². The fourth-order valence-electron chi connectivity index (χ4n) is 2.79. The van der Waals surface area contributed by atoms with E-state index in [1.54, 1.807) is 11.3 Å². The maximum absolute atomic E-state index is 9.41. The van der Waals surface area contributed by atoms with Crippen molar-refractivity contribution in [3.63, 3.8) is 0 Å². The topological polar surface area (TPSA) is 23.8 Å². The zero-order valence-electron chi connectivity index (χ0n) is 9.91. The average Bonchev–Trinajstić information content (AvgIpc) is 2.96. The van der Waals surface area contributed by atoms with Gasteiger partial charge in [-0.15, -0.1) is 0 Å². The van der Waals surface area contributed by atoms with Crippen LogP contribution in [0.25, 0.3) is 0 Å². The molecule has 0 radical (unpaired) electrons. The second-order valence-corrected chi connectivity index (χ2v) is 5.82. The summed E-state index contributed by atoms with van der Waals surface area (Å²) in [5.41, 5.74) is 1.39. The summed E-state index contributed by atoms with van der Waals surface area (Å²) in [5.74, 6) is 0.794. The van der Waals surface area contributed by atoms with Crippen LogP contribution in [0.3, 0.4) is 0 Å². The molecule has 1 nitrogen and oxygen atoms in total. The normalized spacial score (nSPS) is 29.1. The van der Waals surface area contributed by atoms with E-state index in [1.807, 2.05) is 0 Å². The van der Waals surface area contributed by atoms with Gasteiger partial charge in [-0.3, -0.25) is 0 Å². The van der Waals surface area contributed by atoms with Gasteiger partial charge in [0.2, 0.25) is 0 Å². The van der Waals surface area contributed by atoms with E-state index in [2.05, 4.69) is 29.8 Å². The third-order valence-electron chi connectivity index (χ3n) is 4.00. The standard InChI is InChI=1S/C14H19NS/c1-2-12-3-6-14(9-12,11-15)7-4-13-5-8-16-10-13/h5,8,10,12H,2-4,6-7,9H2,1H3. The number of rotatable bonds is 4. The van der Waals surface area contributed by atoms with Gasteiger partial charge in [-0.2, -0.15) is 16.6 Å². The van der Waals surface area contributed by atoms with Crippen molar-refractivity contribution < 1.29 is 0 Å². The highest BCUT2D eigenvalue weighted by Crippen LogP contribution is 2.45. The van der Waals surface area contributed by atoms with Crippen LogP contribution in [0, 0.1) is 22.7 Å². The molecular weight excluding hydrogens is 214 g/mol. The zero-order chi connectivity index (χ0) is 11.4. The lowest BCUT2D eigenvalue weighted by atomic mass is 9.81. The summed E-state index contributed by atoms with van der Waals surface area (Å²) in [7, 11) is 0. The predicted octanol–water partition coefficient (Wildman–Crippen LogP) is 4.40. The van der Waals surface area contributed by atoms with Gasteiger partial charge in [0.1, 0.15) is 0 Å². The van der Waals surface area contributed by atoms with E-state index in [4.69, 9.17) is 0 Å². The molecule has 2 unspecified atom stereocenters. The van der Waals surface area contributed by atoms with Crippen molar-refractivity contribution in [2.75, 3.05) is 0 Å². The molecule has 0 saturated heterocycles. The van der Waals surface area contributed by atoms with Crippen molar-refractivity contribution >= 4 is 11.3 Å². The Bertz CT molecular complexity index is 363. The quantitative estimate of drug-likeness (QED) is 0.756. The van der Waals surface area contributed by atoms with Crippen LogP contribution in [-0.4, -0.2) is 0 Å². The second kappa shape index (κ2) is 5.01. The molecule has 0 amide bonds. The molecule has 1 fully saturated rings. The predicted molar refractivity (Wildman–Crippen MR) is 68.3 cm³/mol. The van der Waals surface area contributed by atoms with Gasteiger partial charge in [-0.25, -0.2) is 0 Å². The summed E-state index contributed by atoms with van der Waals surface area (Å²) < 4.78 is 0. The molecule has 16 heavy (non-hydrogen) atoms. The van der Waals surface area contributed by atoms with Crippen LogP contribution in [0.5, 0.6) is 0 Å². The Morgan fingerprint density at radius 1 is 1.62 bits per heavy atom. The van der Waals surface area contributed by atoms with Crippen molar-refractivity contribution in [1.29, 1.82) is 5.26 Å². The number of nitriles is 1. The molecule has 1 saturated carbocycles. The lowest BCUT2D eigenvalue weighted by Gasteiger charge is -2.20. The van der Waals surface area contributed by atoms with Gasteiger partial charge < -0.3 is 0 Å². The minimum atomic E-state index is -0.0113. The molecule has 0 aromatic carbocycles. The number of thiophene rings is 1. The molecule has 1 aromatic heterocycles. The van der Waals surface area contributed by atoms with Gasteiger partial charge >= 0.3 is 0 Å². The monoisotopic (exact) mass is 233 g/mol. The first kappa shape index (κ1) is 11.7. The summed E-state index contributed by atoms with van der Waals surface area (Å²) in [5, 5.41) is 13.7. The Labute approximate surface area is 102 Å². The molecule has 2 atom stereocenters. The van der Waals surface area contributed by atoms with Gasteiger partial charge in [0.05, 0.1) is 11.5 Å². The SMILES string of the molecule is CCC1CCC(C#N)(CCc2ccsc2)C1. The number of hydrogen-bond donors (Lipinski definition) is 0. The van der Waals surface area contributed by atoms with Crippen LogP contribution in [0.1, 0.15) is 44.6 Å². The van der Waals surface area contributed by atoms with Gasteiger partial charge in [0, 0.05) is 0 Å². The molecule has 86 valence electrons. The van der Waals surface area contributed by atoms with E-state index in [9.17, 15) is 5.26 Å². The Morgan fingerprint density at radius 2 is 2.50 bits per heavy atom. The van der Waals surface area contributed by atoms with E-state index in [0.29, 0.717) is 0 Å². The third kappa shape index (κ3) is 2.47. The number of hydrogen-bond acceptors (Lipinski definition) is 2. The molecule has 2 rings (SSSR count). The molecular formula is C14H19NS. The maximum Gasteiger partial charge on any atom is 0.0689 e. The van der Waals surface area contributed by atoms with Gasteiger partial charge in [0.15, 0.2) is 0 Å². The minimum Gasteiger partial charge on any atom is -0.198 e. The Hall–Kier alpha value is -0.810. The van der Waals surface area contributed by atoms with Crippen molar-refractivity contribution in [1.82, 2.24) is 0 Å². The van der Waals surface area contributed by atoms with Crippen LogP contribution < -0.4 is 0 Å². The highest BCUT2D eigenvalue weighted by Gasteiger charge is 2.38. The summed E-state index contributed by atoms with van der Waals surface area (Å²) in [6.07, 6.45) is 6.87. The van der Waals surface area contributed by atoms with E-state index in [0.717, 1.165) is 31.6 Å². The molecule has 1 aliphatic carbocycles. The molecule has 1 aromatic rings. The van der Waals surface area contributed by atoms with Crippen LogP contribution >= 0.6 is 11.3 Å². The lowest BCUT2D eigenvalue weighted by Crippen LogP contribution is -2.15. The van der Waals surface area contributed by atoms with Gasteiger partial charge in [-0.1, -0.05) is 13.3 Å². The molecule has 0 bridgehead atoms. The Balaban J connectivity index is 1.94. The van der Waals surface area contributed by atoms with Crippen molar-refractivity contribution in [2.24, 2.45) is 11.3 Å². The summed E-state index contributed by atoms with van der Waals surface area (Å²) in [4.78, 5) is 0. The van der Waals surface area contributed by atoms with Gasteiger partial charge in [-0.05, 0) is 60.4 Å². The van der Waals surface area contributed by atoms with E-state index in [1.165, 1.54) is 18.4 Å². The number of aryl methyl sites for hydroxylation is 1. The smallest absolute Gasteiger partial charge is 0.0689 e. The van der Waals surface area contributed by atoms with Crippen LogP contribution in [0.4, 0.5) is 0 Å². The lowest BCUT2D eigenvalue weighted by molar-refractivity contribution is 0.355. The van der Waals surface area contributed by atoms with Gasteiger partial charge in [0.25, 0.3) is 0 Å². The Morgan fingerprint density at radius 3 is 3.06 bits per heavy atom. The fraction of sp³-hybridized carbons (Fsp3) is 0.643. The zero-order valence-corrected chi connectivity index (χ0v) is 10.7. The van der Waals surface area contributed by atoms with E-state index < -0.39 is 0 Å². The third-order valence-corrected chi connectivity index (χ3v) is 4.73. The Kier molecular flexibility index (Phi) is 3.66. The molecule has 0 aliphatic heterocycles. The minimum absolute atomic E-state index is 0.0113. The highest BCUT2D eigenvalue weighted by molar-refractivity contribution is 7.07. The fourth-order valence-corrected chi connectivity index (χ4v) is 3.49.